The first kappa shape index (κ1) is 12.2. The van der Waals surface area contributed by atoms with Gasteiger partial charge in [0.2, 0.25) is 0 Å². The van der Waals surface area contributed by atoms with Crippen LogP contribution in [0.15, 0.2) is 24.4 Å². The number of hydrogen-bond donors (Lipinski definition) is 1. The first-order chi connectivity index (χ1) is 8.52. The van der Waals surface area contributed by atoms with Crippen molar-refractivity contribution in [3.8, 4) is 0 Å². The first-order valence-corrected chi connectivity index (χ1v) is 5.41. The van der Waals surface area contributed by atoms with Gasteiger partial charge in [-0.1, -0.05) is 0 Å². The van der Waals surface area contributed by atoms with Crippen LogP contribution in [0.2, 0.25) is 0 Å². The molecule has 0 unspecified atom stereocenters. The largest absolute Gasteiger partial charge is 0.478 e. The number of hydrogen-bond acceptors (Lipinski definition) is 3. The number of carboxylic acid groups (broad SMARTS) is 1. The van der Waals surface area contributed by atoms with E-state index in [4.69, 9.17) is 5.11 Å². The maximum Gasteiger partial charge on any atom is 0.335 e. The molecule has 0 spiro atoms. The summed E-state index contributed by atoms with van der Waals surface area (Å²) < 4.78 is 6.49. The number of aromatic nitrogens is 1. The van der Waals surface area contributed by atoms with Crippen molar-refractivity contribution in [2.24, 2.45) is 7.05 Å². The molecule has 1 N–H and O–H groups in total. The lowest BCUT2D eigenvalue weighted by Crippen LogP contribution is -2.04. The second kappa shape index (κ2) is 4.52. The highest BCUT2D eigenvalue weighted by atomic mass is 16.5. The summed E-state index contributed by atoms with van der Waals surface area (Å²) in [7, 11) is 3.18. The minimum Gasteiger partial charge on any atom is -0.478 e. The number of esters is 1. The standard InChI is InChI=1S/C13H13NO4/c1-14-7-9(6-12(15)18-2)10-5-8(13(16)17)3-4-11(10)14/h3-5,7H,6H2,1-2H3,(H,16,17). The number of methoxy groups -OCH3 is 1. The fraction of sp³-hybridized carbons (Fsp3) is 0.231. The third-order valence-corrected chi connectivity index (χ3v) is 2.88. The number of carbonyl (C=O) groups excluding carboxylic acids is 1. The molecule has 5 heteroatoms. The predicted molar refractivity (Wildman–Crippen MR) is 65.6 cm³/mol. The molecule has 0 saturated heterocycles. The molecule has 0 saturated carbocycles. The minimum absolute atomic E-state index is 0.136. The zero-order chi connectivity index (χ0) is 13.3. The number of fused-ring (bicyclic) bond motifs is 1. The smallest absolute Gasteiger partial charge is 0.335 e. The Bertz CT molecular complexity index is 627. The zero-order valence-corrected chi connectivity index (χ0v) is 10.1. The van der Waals surface area contributed by atoms with Gasteiger partial charge < -0.3 is 14.4 Å². The SMILES string of the molecule is COC(=O)Cc1cn(C)c2ccc(C(=O)O)cc12. The Morgan fingerprint density at radius 2 is 2.11 bits per heavy atom. The van der Waals surface area contributed by atoms with E-state index >= 15 is 0 Å². The molecule has 0 aliphatic heterocycles. The monoisotopic (exact) mass is 247 g/mol. The van der Waals surface area contributed by atoms with Crippen LogP contribution < -0.4 is 0 Å². The van der Waals surface area contributed by atoms with Crippen LogP contribution >= 0.6 is 0 Å². The summed E-state index contributed by atoms with van der Waals surface area (Å²) in [5, 5.41) is 9.74. The molecule has 0 aliphatic carbocycles. The quantitative estimate of drug-likeness (QED) is 0.836. The van der Waals surface area contributed by atoms with Crippen LogP contribution in [-0.4, -0.2) is 28.7 Å². The zero-order valence-electron chi connectivity index (χ0n) is 10.1. The number of ether oxygens (including phenoxy) is 1. The molecule has 0 aliphatic rings. The van der Waals surface area contributed by atoms with Crippen molar-refractivity contribution >= 4 is 22.8 Å². The second-order valence-corrected chi connectivity index (χ2v) is 4.06. The number of benzene rings is 1. The van der Waals surface area contributed by atoms with Crippen LogP contribution in [0.25, 0.3) is 10.9 Å². The highest BCUT2D eigenvalue weighted by Crippen LogP contribution is 2.23. The fourth-order valence-electron chi connectivity index (χ4n) is 1.98. The maximum absolute atomic E-state index is 11.3. The van der Waals surface area contributed by atoms with E-state index in [1.54, 1.807) is 18.2 Å². The molecule has 1 aromatic carbocycles. The Kier molecular flexibility index (Phi) is 3.06. The van der Waals surface area contributed by atoms with Crippen molar-refractivity contribution in [1.82, 2.24) is 4.57 Å². The van der Waals surface area contributed by atoms with Crippen molar-refractivity contribution in [3.05, 3.63) is 35.5 Å². The van der Waals surface area contributed by atoms with Crippen LogP contribution in [0.3, 0.4) is 0 Å². The Morgan fingerprint density at radius 3 is 2.72 bits per heavy atom. The highest BCUT2D eigenvalue weighted by Gasteiger charge is 2.13. The van der Waals surface area contributed by atoms with Gasteiger partial charge in [-0.2, -0.15) is 0 Å². The number of carboxylic acids is 1. The van der Waals surface area contributed by atoms with Gasteiger partial charge in [-0.15, -0.1) is 0 Å². The van der Waals surface area contributed by atoms with Crippen molar-refractivity contribution in [3.63, 3.8) is 0 Å². The molecular formula is C13H13NO4. The lowest BCUT2D eigenvalue weighted by Gasteiger charge is -1.99. The summed E-state index contributed by atoms with van der Waals surface area (Å²) in [6.07, 6.45) is 1.95. The average molecular weight is 247 g/mol. The normalized spacial score (nSPS) is 10.6. The van der Waals surface area contributed by atoms with Gasteiger partial charge in [-0.3, -0.25) is 4.79 Å². The summed E-state index contributed by atoms with van der Waals surface area (Å²) >= 11 is 0. The van der Waals surface area contributed by atoms with Crippen LogP contribution in [0, 0.1) is 0 Å². The van der Waals surface area contributed by atoms with E-state index < -0.39 is 5.97 Å². The lowest BCUT2D eigenvalue weighted by atomic mass is 10.1. The molecule has 0 radical (unpaired) electrons. The molecule has 2 rings (SSSR count). The summed E-state index contributed by atoms with van der Waals surface area (Å²) in [6, 6.07) is 4.86. The molecular weight excluding hydrogens is 234 g/mol. The van der Waals surface area contributed by atoms with Crippen LogP contribution in [0.4, 0.5) is 0 Å². The maximum atomic E-state index is 11.3. The van der Waals surface area contributed by atoms with E-state index in [1.807, 2.05) is 17.8 Å². The van der Waals surface area contributed by atoms with Gasteiger partial charge in [0.05, 0.1) is 19.1 Å². The molecule has 0 bridgehead atoms. The molecule has 1 aromatic heterocycles. The van der Waals surface area contributed by atoms with Gasteiger partial charge in [0.1, 0.15) is 0 Å². The Morgan fingerprint density at radius 1 is 1.39 bits per heavy atom. The average Bonchev–Trinajstić information content (AvgIpc) is 2.65. The highest BCUT2D eigenvalue weighted by molar-refractivity contribution is 5.96. The van der Waals surface area contributed by atoms with E-state index in [-0.39, 0.29) is 18.0 Å². The molecule has 1 heterocycles. The Hall–Kier alpha value is -2.30. The Balaban J connectivity index is 2.55. The van der Waals surface area contributed by atoms with Crippen LogP contribution in [0.1, 0.15) is 15.9 Å². The predicted octanol–water partition coefficient (Wildman–Crippen LogP) is 1.59. The third-order valence-electron chi connectivity index (χ3n) is 2.88. The van der Waals surface area contributed by atoms with Crippen LogP contribution in [0.5, 0.6) is 0 Å². The van der Waals surface area contributed by atoms with Gasteiger partial charge in [-0.05, 0) is 23.8 Å². The number of aromatic carboxylic acids is 1. The minimum atomic E-state index is -0.982. The van der Waals surface area contributed by atoms with Gasteiger partial charge in [0.15, 0.2) is 0 Å². The van der Waals surface area contributed by atoms with Crippen LogP contribution in [-0.2, 0) is 23.0 Å². The topological polar surface area (TPSA) is 68.5 Å². The van der Waals surface area contributed by atoms with Crippen molar-refractivity contribution < 1.29 is 19.4 Å². The molecule has 18 heavy (non-hydrogen) atoms. The molecule has 0 amide bonds. The van der Waals surface area contributed by atoms with Gasteiger partial charge >= 0.3 is 11.9 Å². The third kappa shape index (κ3) is 2.07. The number of rotatable bonds is 3. The van der Waals surface area contributed by atoms with E-state index in [1.165, 1.54) is 7.11 Å². The second-order valence-electron chi connectivity index (χ2n) is 4.06. The summed E-state index contributed by atoms with van der Waals surface area (Å²) in [6.45, 7) is 0. The summed E-state index contributed by atoms with van der Waals surface area (Å²) in [5.41, 5.74) is 1.86. The van der Waals surface area contributed by atoms with Gasteiger partial charge in [0, 0.05) is 24.1 Å². The van der Waals surface area contributed by atoms with E-state index in [9.17, 15) is 9.59 Å². The molecule has 2 aromatic rings. The molecule has 94 valence electrons. The first-order valence-electron chi connectivity index (χ1n) is 5.41. The number of carbonyl (C=O) groups is 2. The van der Waals surface area contributed by atoms with E-state index in [2.05, 4.69) is 4.74 Å². The van der Waals surface area contributed by atoms with Gasteiger partial charge in [-0.25, -0.2) is 4.79 Å². The van der Waals surface area contributed by atoms with Crippen molar-refractivity contribution in [1.29, 1.82) is 0 Å². The fourth-order valence-corrected chi connectivity index (χ4v) is 1.98. The van der Waals surface area contributed by atoms with Crippen molar-refractivity contribution in [2.45, 2.75) is 6.42 Å². The van der Waals surface area contributed by atoms with Crippen molar-refractivity contribution in [2.75, 3.05) is 7.11 Å². The molecule has 5 nitrogen and oxygen atoms in total. The summed E-state index contributed by atoms with van der Waals surface area (Å²) in [5.74, 6) is -1.33. The number of aryl methyl sites for hydroxylation is 1. The van der Waals surface area contributed by atoms with E-state index in [0.29, 0.717) is 0 Å². The number of nitrogens with zero attached hydrogens (tertiary/aromatic N) is 1. The van der Waals surface area contributed by atoms with E-state index in [0.717, 1.165) is 16.5 Å². The summed E-state index contributed by atoms with van der Waals surface area (Å²) in [4.78, 5) is 22.2. The molecule has 0 fully saturated rings. The lowest BCUT2D eigenvalue weighted by molar-refractivity contribution is -0.139. The Labute approximate surface area is 104 Å². The molecule has 0 atom stereocenters. The van der Waals surface area contributed by atoms with Gasteiger partial charge in [0.25, 0.3) is 0 Å².